The van der Waals surface area contributed by atoms with Crippen molar-refractivity contribution < 1.29 is 23.2 Å². The Morgan fingerprint density at radius 1 is 1.19 bits per heavy atom. The fourth-order valence-corrected chi connectivity index (χ4v) is 2.54. The Labute approximate surface area is 122 Å². The van der Waals surface area contributed by atoms with Gasteiger partial charge in [-0.1, -0.05) is 35.4 Å². The van der Waals surface area contributed by atoms with Gasteiger partial charge in [0, 0.05) is 11.5 Å². The van der Waals surface area contributed by atoms with Gasteiger partial charge in [-0.2, -0.15) is 0 Å². The lowest BCUT2D eigenvalue weighted by molar-refractivity contribution is 0.0914. The van der Waals surface area contributed by atoms with Crippen molar-refractivity contribution in [3.8, 4) is 0 Å². The van der Waals surface area contributed by atoms with Gasteiger partial charge in [0.1, 0.15) is 0 Å². The number of rotatable bonds is 11. The number of nitrogens with zero attached hydrogens (tertiary/aromatic N) is 3. The van der Waals surface area contributed by atoms with Gasteiger partial charge in [0.2, 0.25) is 0 Å². The summed E-state index contributed by atoms with van der Waals surface area (Å²) in [5.41, 5.74) is 8.96. The first-order chi connectivity index (χ1) is 10.2. The first-order valence-electron chi connectivity index (χ1n) is 6.39. The highest BCUT2D eigenvalue weighted by atomic mass is 31.2. The van der Waals surface area contributed by atoms with Crippen molar-refractivity contribution in [1.82, 2.24) is 0 Å². The normalized spacial score (nSPS) is 13.4. The second-order valence-corrected chi connectivity index (χ2v) is 5.57. The molecule has 116 valence electrons. The minimum atomic E-state index is -3.74. The van der Waals surface area contributed by atoms with Crippen molar-refractivity contribution in [1.29, 1.82) is 0 Å². The Hall–Kier alpha value is -1.40. The zero-order valence-electron chi connectivity index (χ0n) is 11.5. The third kappa shape index (κ3) is 7.82. The summed E-state index contributed by atoms with van der Waals surface area (Å²) in [6.07, 6.45) is 0.394. The van der Waals surface area contributed by atoms with Crippen molar-refractivity contribution in [2.24, 2.45) is 5.11 Å². The first-order valence-corrected chi connectivity index (χ1v) is 7.85. The van der Waals surface area contributed by atoms with Crippen LogP contribution in [0.25, 0.3) is 10.4 Å². The molecular formula is C12H18N3O5P. The van der Waals surface area contributed by atoms with E-state index in [0.717, 1.165) is 5.56 Å². The van der Waals surface area contributed by atoms with Crippen LogP contribution in [0.15, 0.2) is 35.4 Å². The van der Waals surface area contributed by atoms with Crippen molar-refractivity contribution in [2.45, 2.75) is 13.0 Å². The number of hydrogen-bond donors (Lipinski definition) is 1. The van der Waals surface area contributed by atoms with E-state index in [0.29, 0.717) is 6.42 Å². The third-order valence-corrected chi connectivity index (χ3v) is 3.73. The summed E-state index contributed by atoms with van der Waals surface area (Å²) < 4.78 is 27.6. The van der Waals surface area contributed by atoms with E-state index in [2.05, 4.69) is 10.0 Å². The number of azide groups is 1. The van der Waals surface area contributed by atoms with E-state index in [4.69, 9.17) is 24.2 Å². The molecule has 1 rings (SSSR count). The molecule has 1 unspecified atom stereocenters. The lowest BCUT2D eigenvalue weighted by atomic mass is 10.2. The van der Waals surface area contributed by atoms with Crippen molar-refractivity contribution >= 4 is 7.82 Å². The van der Waals surface area contributed by atoms with Gasteiger partial charge in [0.05, 0.1) is 26.4 Å². The molecule has 8 nitrogen and oxygen atoms in total. The van der Waals surface area contributed by atoms with E-state index in [-0.39, 0.29) is 33.0 Å². The molecule has 0 heterocycles. The third-order valence-electron chi connectivity index (χ3n) is 2.29. The Morgan fingerprint density at radius 3 is 2.57 bits per heavy atom. The number of benzene rings is 1. The summed E-state index contributed by atoms with van der Waals surface area (Å²) in [7, 11) is -3.74. The van der Waals surface area contributed by atoms with Crippen LogP contribution < -0.4 is 0 Å². The number of hydrogen-bond acceptors (Lipinski definition) is 6. The Morgan fingerprint density at radius 2 is 1.90 bits per heavy atom. The molecule has 0 saturated carbocycles. The smallest absolute Gasteiger partial charge is 0.394 e. The lowest BCUT2D eigenvalue weighted by Gasteiger charge is -2.17. The maximum atomic E-state index is 12.3. The maximum Gasteiger partial charge on any atom is 0.475 e. The molecule has 9 heteroatoms. The number of aliphatic hydroxyl groups excluding tert-OH is 1. The van der Waals surface area contributed by atoms with Crippen LogP contribution in [-0.4, -0.2) is 31.5 Å². The Balaban J connectivity index is 2.48. The molecule has 21 heavy (non-hydrogen) atoms. The van der Waals surface area contributed by atoms with Crippen LogP contribution in [0.1, 0.15) is 12.0 Å². The molecule has 1 atom stereocenters. The molecule has 0 aliphatic rings. The SMILES string of the molecule is [N-]=[N+]=NCCCOP(=O)(OCCO)OCc1ccccc1. The van der Waals surface area contributed by atoms with Gasteiger partial charge < -0.3 is 5.11 Å². The zero-order valence-corrected chi connectivity index (χ0v) is 12.4. The molecule has 1 aromatic rings. The highest BCUT2D eigenvalue weighted by Crippen LogP contribution is 2.50. The summed E-state index contributed by atoms with van der Waals surface area (Å²) in [5.74, 6) is 0. The summed E-state index contributed by atoms with van der Waals surface area (Å²) in [4.78, 5) is 2.60. The van der Waals surface area contributed by atoms with E-state index in [1.165, 1.54) is 0 Å². The molecular weight excluding hydrogens is 297 g/mol. The summed E-state index contributed by atoms with van der Waals surface area (Å²) in [6, 6.07) is 9.16. The molecule has 1 aromatic carbocycles. The van der Waals surface area contributed by atoms with Crippen molar-refractivity contribution in [3.63, 3.8) is 0 Å². The van der Waals surface area contributed by atoms with E-state index in [1.807, 2.05) is 30.3 Å². The van der Waals surface area contributed by atoms with Gasteiger partial charge in [0.15, 0.2) is 0 Å². The summed E-state index contributed by atoms with van der Waals surface area (Å²) in [6.45, 7) is -0.0746. The molecule has 0 radical (unpaired) electrons. The van der Waals surface area contributed by atoms with Gasteiger partial charge >= 0.3 is 7.82 Å². The number of phosphoric acid groups is 1. The molecule has 0 spiro atoms. The summed E-state index contributed by atoms with van der Waals surface area (Å²) in [5, 5.41) is 12.1. The average Bonchev–Trinajstić information content (AvgIpc) is 2.52. The molecule has 0 saturated heterocycles. The second-order valence-electron chi connectivity index (χ2n) is 3.90. The van der Waals surface area contributed by atoms with Crippen LogP contribution in [0.2, 0.25) is 0 Å². The molecule has 0 amide bonds. The van der Waals surface area contributed by atoms with Crippen LogP contribution in [0, 0.1) is 0 Å². The van der Waals surface area contributed by atoms with Crippen LogP contribution in [0.5, 0.6) is 0 Å². The monoisotopic (exact) mass is 315 g/mol. The largest absolute Gasteiger partial charge is 0.475 e. The van der Waals surface area contributed by atoms with Crippen LogP contribution in [0.3, 0.4) is 0 Å². The fourth-order valence-electron chi connectivity index (χ4n) is 1.35. The van der Waals surface area contributed by atoms with Crippen molar-refractivity contribution in [2.75, 3.05) is 26.4 Å². The molecule has 1 N–H and O–H groups in total. The van der Waals surface area contributed by atoms with Gasteiger partial charge in [-0.25, -0.2) is 4.57 Å². The van der Waals surface area contributed by atoms with Gasteiger partial charge in [0.25, 0.3) is 0 Å². The Kier molecular flexibility index (Phi) is 8.69. The number of phosphoric ester groups is 1. The van der Waals surface area contributed by atoms with Gasteiger partial charge in [-0.05, 0) is 17.5 Å². The lowest BCUT2D eigenvalue weighted by Crippen LogP contribution is -2.05. The highest BCUT2D eigenvalue weighted by molar-refractivity contribution is 7.48. The van der Waals surface area contributed by atoms with Crippen molar-refractivity contribution in [3.05, 3.63) is 46.3 Å². The summed E-state index contributed by atoms with van der Waals surface area (Å²) >= 11 is 0. The Bertz CT molecular complexity index is 493. The topological polar surface area (TPSA) is 114 Å². The average molecular weight is 315 g/mol. The second kappa shape index (κ2) is 10.3. The van der Waals surface area contributed by atoms with E-state index in [9.17, 15) is 4.57 Å². The molecule has 0 aromatic heterocycles. The number of aliphatic hydroxyl groups is 1. The fraction of sp³-hybridized carbons (Fsp3) is 0.500. The predicted octanol–water partition coefficient (Wildman–Crippen LogP) is 3.04. The molecule has 0 bridgehead atoms. The maximum absolute atomic E-state index is 12.3. The van der Waals surface area contributed by atoms with E-state index >= 15 is 0 Å². The predicted molar refractivity (Wildman–Crippen MR) is 76.5 cm³/mol. The van der Waals surface area contributed by atoms with Crippen LogP contribution >= 0.6 is 7.82 Å². The van der Waals surface area contributed by atoms with E-state index in [1.54, 1.807) is 0 Å². The molecule has 0 aliphatic heterocycles. The van der Waals surface area contributed by atoms with Gasteiger partial charge in [-0.15, -0.1) is 0 Å². The van der Waals surface area contributed by atoms with E-state index < -0.39 is 7.82 Å². The quantitative estimate of drug-likeness (QED) is 0.222. The standard InChI is InChI=1S/C12H18N3O5P/c13-15-14-7-4-9-18-21(17,19-10-8-16)20-11-12-5-2-1-3-6-12/h1-3,5-6,16H,4,7-11H2. The minimum Gasteiger partial charge on any atom is -0.394 e. The zero-order chi connectivity index (χ0) is 15.4. The minimum absolute atomic E-state index is 0.0660. The molecule has 0 aliphatic carbocycles. The van der Waals surface area contributed by atoms with Crippen LogP contribution in [0.4, 0.5) is 0 Å². The molecule has 0 fully saturated rings. The van der Waals surface area contributed by atoms with Gasteiger partial charge in [-0.3, -0.25) is 13.6 Å². The highest BCUT2D eigenvalue weighted by Gasteiger charge is 2.26. The van der Waals surface area contributed by atoms with Crippen LogP contribution in [-0.2, 0) is 24.7 Å². The first kappa shape index (κ1) is 17.7.